The van der Waals surface area contributed by atoms with Gasteiger partial charge in [-0.05, 0) is 36.3 Å². The molecule has 2 rings (SSSR count). The molecular formula is C16H25NO2Si. The molecule has 1 aromatic rings. The topological polar surface area (TPSA) is 21.7 Å². The highest BCUT2D eigenvalue weighted by atomic mass is 28.4. The maximum Gasteiger partial charge on any atom is 0.196 e. The Labute approximate surface area is 123 Å². The van der Waals surface area contributed by atoms with Crippen LogP contribution in [-0.2, 0) is 9.26 Å². The van der Waals surface area contributed by atoms with E-state index in [1.807, 2.05) is 41.5 Å². The normalized spacial score (nSPS) is 20.2. The molecule has 0 N–H and O–H groups in total. The van der Waals surface area contributed by atoms with E-state index in [2.05, 4.69) is 39.9 Å². The van der Waals surface area contributed by atoms with Crippen LogP contribution in [-0.4, -0.2) is 21.2 Å². The molecule has 20 heavy (non-hydrogen) atoms. The molecule has 0 radical (unpaired) electrons. The molecule has 1 atom stereocenters. The van der Waals surface area contributed by atoms with Crippen LogP contribution in [0.5, 0.6) is 0 Å². The van der Waals surface area contributed by atoms with Crippen LogP contribution >= 0.6 is 0 Å². The molecule has 4 heteroatoms. The summed E-state index contributed by atoms with van der Waals surface area (Å²) in [4.78, 5) is 5.96. The molecule has 0 aromatic heterocycles. The lowest BCUT2D eigenvalue weighted by Crippen LogP contribution is -2.46. The Morgan fingerprint density at radius 1 is 1.20 bits per heavy atom. The first kappa shape index (κ1) is 15.3. The van der Waals surface area contributed by atoms with Crippen LogP contribution in [0.1, 0.15) is 20.8 Å². The molecule has 0 aliphatic carbocycles. The third kappa shape index (κ3) is 3.51. The van der Waals surface area contributed by atoms with Crippen molar-refractivity contribution >= 4 is 14.0 Å². The van der Waals surface area contributed by atoms with Crippen LogP contribution in [0.2, 0.25) is 18.1 Å². The van der Waals surface area contributed by atoms with E-state index in [0.29, 0.717) is 0 Å². The van der Waals surface area contributed by atoms with Crippen molar-refractivity contribution in [3.05, 3.63) is 42.5 Å². The second kappa shape index (κ2) is 5.72. The average molecular weight is 291 g/mol. The van der Waals surface area contributed by atoms with Gasteiger partial charge in [-0.25, -0.2) is 9.90 Å². The van der Waals surface area contributed by atoms with E-state index in [1.54, 1.807) is 0 Å². The van der Waals surface area contributed by atoms with Gasteiger partial charge in [0.1, 0.15) is 0 Å². The number of hydroxylamine groups is 1. The molecule has 3 nitrogen and oxygen atoms in total. The maximum absolute atomic E-state index is 6.28. The number of hydrogen-bond donors (Lipinski definition) is 0. The molecule has 0 bridgehead atoms. The number of benzene rings is 1. The standard InChI is InChI=1S/C16H25NO2Si/c1-16(2,3)20(4,5)19-15-12-9-13-17(18-15)14-10-7-6-8-11-14/h6-12,15H,13H2,1-5H3. The second-order valence-corrected chi connectivity index (χ2v) is 11.4. The Hall–Kier alpha value is -1.10. The first-order valence-electron chi connectivity index (χ1n) is 7.13. The molecule has 1 aliphatic heterocycles. The van der Waals surface area contributed by atoms with Crippen molar-refractivity contribution in [3.8, 4) is 0 Å². The van der Waals surface area contributed by atoms with E-state index < -0.39 is 8.32 Å². The van der Waals surface area contributed by atoms with Crippen molar-refractivity contribution < 1.29 is 9.26 Å². The molecule has 1 aromatic carbocycles. The van der Waals surface area contributed by atoms with Gasteiger partial charge in [-0.3, -0.25) is 0 Å². The SMILES string of the molecule is CC(C)(C)[Si](C)(C)OC1C=CCN(c2ccccc2)O1. The van der Waals surface area contributed by atoms with Crippen LogP contribution in [0, 0.1) is 0 Å². The second-order valence-electron chi connectivity index (χ2n) is 6.68. The lowest BCUT2D eigenvalue weighted by molar-refractivity contribution is -0.0710. The Kier molecular flexibility index (Phi) is 4.37. The number of nitrogens with zero attached hydrogens (tertiary/aromatic N) is 1. The van der Waals surface area contributed by atoms with Gasteiger partial charge in [-0.1, -0.05) is 45.0 Å². The fourth-order valence-electron chi connectivity index (χ4n) is 1.76. The molecular weight excluding hydrogens is 266 g/mol. The number of anilines is 1. The monoisotopic (exact) mass is 291 g/mol. The van der Waals surface area contributed by atoms with E-state index in [0.717, 1.165) is 12.2 Å². The molecule has 1 aliphatic rings. The van der Waals surface area contributed by atoms with Crippen LogP contribution in [0.4, 0.5) is 5.69 Å². The van der Waals surface area contributed by atoms with Gasteiger partial charge in [0.05, 0.1) is 12.2 Å². The van der Waals surface area contributed by atoms with Crippen molar-refractivity contribution in [2.45, 2.75) is 45.2 Å². The first-order chi connectivity index (χ1) is 9.29. The average Bonchev–Trinajstić information content (AvgIpc) is 2.38. The number of hydrogen-bond acceptors (Lipinski definition) is 3. The highest BCUT2D eigenvalue weighted by Crippen LogP contribution is 2.38. The summed E-state index contributed by atoms with van der Waals surface area (Å²) in [5, 5.41) is 2.07. The summed E-state index contributed by atoms with van der Waals surface area (Å²) in [5.74, 6) is 0. The van der Waals surface area contributed by atoms with Crippen molar-refractivity contribution in [3.63, 3.8) is 0 Å². The van der Waals surface area contributed by atoms with Gasteiger partial charge in [0.25, 0.3) is 0 Å². The van der Waals surface area contributed by atoms with Crippen LogP contribution < -0.4 is 5.06 Å². The van der Waals surface area contributed by atoms with E-state index in [4.69, 9.17) is 9.26 Å². The molecule has 0 spiro atoms. The summed E-state index contributed by atoms with van der Waals surface area (Å²) in [6.45, 7) is 11.9. The zero-order valence-corrected chi connectivity index (χ0v) is 14.1. The maximum atomic E-state index is 6.28. The van der Waals surface area contributed by atoms with Gasteiger partial charge < -0.3 is 4.43 Å². The van der Waals surface area contributed by atoms with Crippen LogP contribution in [0.3, 0.4) is 0 Å². The highest BCUT2D eigenvalue weighted by Gasteiger charge is 2.39. The molecule has 110 valence electrons. The highest BCUT2D eigenvalue weighted by molar-refractivity contribution is 6.74. The minimum atomic E-state index is -1.83. The Morgan fingerprint density at radius 2 is 1.85 bits per heavy atom. The van der Waals surface area contributed by atoms with E-state index in [9.17, 15) is 0 Å². The summed E-state index contributed by atoms with van der Waals surface area (Å²) in [7, 11) is -1.83. The quantitative estimate of drug-likeness (QED) is 0.611. The molecule has 1 unspecified atom stereocenters. The summed E-state index contributed by atoms with van der Waals surface area (Å²) < 4.78 is 6.28. The Balaban J connectivity index is 2.05. The number of rotatable bonds is 3. The first-order valence-corrected chi connectivity index (χ1v) is 10.0. The summed E-state index contributed by atoms with van der Waals surface area (Å²) in [6, 6.07) is 10.1. The minimum absolute atomic E-state index is 0.180. The predicted octanol–water partition coefficient (Wildman–Crippen LogP) is 4.34. The van der Waals surface area contributed by atoms with Crippen molar-refractivity contribution in [1.29, 1.82) is 0 Å². The summed E-state index contributed by atoms with van der Waals surface area (Å²) in [5.41, 5.74) is 1.06. The van der Waals surface area contributed by atoms with Gasteiger partial charge in [-0.2, -0.15) is 0 Å². The van der Waals surface area contributed by atoms with Gasteiger partial charge in [0, 0.05) is 0 Å². The lowest BCUT2D eigenvalue weighted by Gasteiger charge is -2.40. The van der Waals surface area contributed by atoms with Crippen LogP contribution in [0.15, 0.2) is 42.5 Å². The molecule has 0 amide bonds. The lowest BCUT2D eigenvalue weighted by atomic mass is 10.2. The Morgan fingerprint density at radius 3 is 2.45 bits per heavy atom. The van der Waals surface area contributed by atoms with Crippen molar-refractivity contribution in [2.24, 2.45) is 0 Å². The van der Waals surface area contributed by atoms with E-state index in [1.165, 1.54) is 0 Å². The minimum Gasteiger partial charge on any atom is -0.388 e. The van der Waals surface area contributed by atoms with Crippen LogP contribution in [0.25, 0.3) is 0 Å². The van der Waals surface area contributed by atoms with Gasteiger partial charge in [0.15, 0.2) is 14.6 Å². The molecule has 0 saturated heterocycles. The van der Waals surface area contributed by atoms with E-state index >= 15 is 0 Å². The predicted molar refractivity (Wildman–Crippen MR) is 86.1 cm³/mol. The molecule has 0 fully saturated rings. The van der Waals surface area contributed by atoms with Crippen molar-refractivity contribution in [2.75, 3.05) is 11.6 Å². The smallest absolute Gasteiger partial charge is 0.196 e. The van der Waals surface area contributed by atoms with Gasteiger partial charge in [-0.15, -0.1) is 0 Å². The zero-order valence-electron chi connectivity index (χ0n) is 13.1. The fourth-order valence-corrected chi connectivity index (χ4v) is 2.82. The third-order valence-corrected chi connectivity index (χ3v) is 8.49. The molecule has 0 saturated carbocycles. The Bertz CT molecular complexity index is 465. The fraction of sp³-hybridized carbons (Fsp3) is 0.500. The number of para-hydroxylation sites is 1. The van der Waals surface area contributed by atoms with Crippen molar-refractivity contribution in [1.82, 2.24) is 0 Å². The van der Waals surface area contributed by atoms with E-state index in [-0.39, 0.29) is 11.3 Å². The van der Waals surface area contributed by atoms with Gasteiger partial charge >= 0.3 is 0 Å². The largest absolute Gasteiger partial charge is 0.388 e. The summed E-state index contributed by atoms with van der Waals surface area (Å²) >= 11 is 0. The zero-order chi connectivity index (χ0) is 14.8. The van der Waals surface area contributed by atoms with Gasteiger partial charge in [0.2, 0.25) is 0 Å². The molecule has 1 heterocycles. The summed E-state index contributed by atoms with van der Waals surface area (Å²) in [6.07, 6.45) is 3.83. The third-order valence-electron chi connectivity index (χ3n) is 4.06.